The fourth-order valence-electron chi connectivity index (χ4n) is 4.23. The Morgan fingerprint density at radius 1 is 0.567 bits per heavy atom. The van der Waals surface area contributed by atoms with Gasteiger partial charge in [0.1, 0.15) is 5.82 Å². The normalized spacial score (nSPS) is 12.5. The van der Waals surface area contributed by atoms with Crippen LogP contribution in [0.1, 0.15) is 11.4 Å². The SMILES string of the molecule is C(=C\c1nc2cccc3c2n1-c1ccccc1N3c1ccccc1)/c1ccccc1. The standard InChI is InChI=1S/C27H19N3/c1-3-10-20(11-4-1)18-19-26-28-22-14-9-17-25-27(22)30(26)24-16-8-7-15-23(24)29(25)21-12-5-2-6-13-21/h1-19H/b19-18+. The van der Waals surface area contributed by atoms with Crippen LogP contribution in [0.2, 0.25) is 0 Å². The topological polar surface area (TPSA) is 21.1 Å². The van der Waals surface area contributed by atoms with E-state index in [1.54, 1.807) is 0 Å². The van der Waals surface area contributed by atoms with E-state index in [9.17, 15) is 0 Å². The summed E-state index contributed by atoms with van der Waals surface area (Å²) in [6, 6.07) is 35.7. The van der Waals surface area contributed by atoms with Gasteiger partial charge in [-0.2, -0.15) is 0 Å². The van der Waals surface area contributed by atoms with Crippen LogP contribution in [0.4, 0.5) is 17.1 Å². The zero-order chi connectivity index (χ0) is 19.9. The average Bonchev–Trinajstić information content (AvgIpc) is 3.19. The summed E-state index contributed by atoms with van der Waals surface area (Å²) < 4.78 is 2.28. The highest BCUT2D eigenvalue weighted by Gasteiger charge is 2.27. The molecule has 0 radical (unpaired) electrons. The van der Waals surface area contributed by atoms with Crippen molar-refractivity contribution in [2.75, 3.05) is 4.90 Å². The lowest BCUT2D eigenvalue weighted by molar-refractivity contribution is 1.04. The molecule has 0 bridgehead atoms. The first-order chi connectivity index (χ1) is 14.9. The zero-order valence-corrected chi connectivity index (χ0v) is 16.3. The molecule has 0 atom stereocenters. The van der Waals surface area contributed by atoms with Crippen molar-refractivity contribution < 1.29 is 0 Å². The van der Waals surface area contributed by atoms with E-state index in [-0.39, 0.29) is 0 Å². The van der Waals surface area contributed by atoms with Crippen molar-refractivity contribution >= 4 is 40.2 Å². The third-order valence-corrected chi connectivity index (χ3v) is 5.52. The van der Waals surface area contributed by atoms with Crippen molar-refractivity contribution in [1.29, 1.82) is 0 Å². The van der Waals surface area contributed by atoms with Crippen LogP contribution in [0.25, 0.3) is 28.9 Å². The Kier molecular flexibility index (Phi) is 3.78. The van der Waals surface area contributed by atoms with Crippen LogP contribution in [-0.2, 0) is 0 Å². The molecule has 0 aliphatic carbocycles. The second kappa shape index (κ2) is 6.75. The second-order valence-electron chi connectivity index (χ2n) is 7.35. The smallest absolute Gasteiger partial charge is 0.138 e. The Labute approximate surface area is 175 Å². The average molecular weight is 385 g/mol. The Hall–Kier alpha value is -4.11. The quantitative estimate of drug-likeness (QED) is 0.328. The highest BCUT2D eigenvalue weighted by molar-refractivity contribution is 6.02. The minimum Gasteiger partial charge on any atom is -0.306 e. The summed E-state index contributed by atoms with van der Waals surface area (Å²) in [6.07, 6.45) is 4.23. The van der Waals surface area contributed by atoms with Gasteiger partial charge in [0, 0.05) is 5.69 Å². The summed E-state index contributed by atoms with van der Waals surface area (Å²) in [5, 5.41) is 0. The first kappa shape index (κ1) is 16.8. The molecule has 0 unspecified atom stereocenters. The maximum absolute atomic E-state index is 4.98. The molecule has 1 aliphatic rings. The molecule has 1 aliphatic heterocycles. The van der Waals surface area contributed by atoms with E-state index in [4.69, 9.17) is 4.98 Å². The first-order valence-electron chi connectivity index (χ1n) is 10.1. The predicted molar refractivity (Wildman–Crippen MR) is 125 cm³/mol. The van der Waals surface area contributed by atoms with Crippen LogP contribution in [0.15, 0.2) is 103 Å². The molecule has 4 aromatic carbocycles. The van der Waals surface area contributed by atoms with Crippen LogP contribution in [0.3, 0.4) is 0 Å². The van der Waals surface area contributed by atoms with Gasteiger partial charge in [-0.3, -0.25) is 4.57 Å². The molecule has 1 aromatic heterocycles. The molecule has 142 valence electrons. The van der Waals surface area contributed by atoms with E-state index in [0.29, 0.717) is 0 Å². The molecule has 6 rings (SSSR count). The maximum Gasteiger partial charge on any atom is 0.138 e. The van der Waals surface area contributed by atoms with Crippen LogP contribution in [0, 0.1) is 0 Å². The Balaban J connectivity index is 1.62. The molecule has 5 aromatic rings. The lowest BCUT2D eigenvalue weighted by Gasteiger charge is -2.32. The Bertz CT molecular complexity index is 1380. The largest absolute Gasteiger partial charge is 0.306 e. The zero-order valence-electron chi connectivity index (χ0n) is 16.3. The lowest BCUT2D eigenvalue weighted by Crippen LogP contribution is -2.18. The highest BCUT2D eigenvalue weighted by atomic mass is 15.2. The number of hydrogen-bond acceptors (Lipinski definition) is 2. The fourth-order valence-corrected chi connectivity index (χ4v) is 4.23. The summed E-state index contributed by atoms with van der Waals surface area (Å²) in [6.45, 7) is 0. The van der Waals surface area contributed by atoms with Gasteiger partial charge < -0.3 is 4.90 Å². The van der Waals surface area contributed by atoms with E-state index in [1.807, 2.05) is 6.07 Å². The Morgan fingerprint density at radius 2 is 1.23 bits per heavy atom. The summed E-state index contributed by atoms with van der Waals surface area (Å²) in [5.41, 5.74) is 7.86. The molecule has 3 nitrogen and oxygen atoms in total. The summed E-state index contributed by atoms with van der Waals surface area (Å²) in [4.78, 5) is 7.30. The van der Waals surface area contributed by atoms with E-state index in [0.717, 1.165) is 45.2 Å². The number of para-hydroxylation sites is 4. The number of rotatable bonds is 3. The minimum absolute atomic E-state index is 0.932. The maximum atomic E-state index is 4.98. The molecule has 0 spiro atoms. The number of aromatic nitrogens is 2. The van der Waals surface area contributed by atoms with Gasteiger partial charge in [-0.25, -0.2) is 4.98 Å². The summed E-state index contributed by atoms with van der Waals surface area (Å²) in [5.74, 6) is 0.932. The number of imidazole rings is 1. The molecule has 0 fully saturated rings. The lowest BCUT2D eigenvalue weighted by atomic mass is 10.1. The third-order valence-electron chi connectivity index (χ3n) is 5.52. The van der Waals surface area contributed by atoms with Gasteiger partial charge in [-0.15, -0.1) is 0 Å². The monoisotopic (exact) mass is 385 g/mol. The summed E-state index contributed by atoms with van der Waals surface area (Å²) in [7, 11) is 0. The number of nitrogens with zero attached hydrogens (tertiary/aromatic N) is 3. The molecular formula is C27H19N3. The van der Waals surface area contributed by atoms with E-state index >= 15 is 0 Å². The highest BCUT2D eigenvalue weighted by Crippen LogP contribution is 2.46. The van der Waals surface area contributed by atoms with Gasteiger partial charge >= 0.3 is 0 Å². The van der Waals surface area contributed by atoms with Crippen molar-refractivity contribution in [3.05, 3.63) is 115 Å². The Morgan fingerprint density at radius 3 is 2.03 bits per heavy atom. The number of fused-ring (bicyclic) bond motifs is 2. The van der Waals surface area contributed by atoms with Gasteiger partial charge in [-0.05, 0) is 48.0 Å². The molecule has 0 saturated carbocycles. The number of hydrogen-bond donors (Lipinski definition) is 0. The summed E-state index contributed by atoms with van der Waals surface area (Å²) >= 11 is 0. The molecule has 3 heteroatoms. The van der Waals surface area contributed by atoms with Crippen LogP contribution in [0.5, 0.6) is 0 Å². The first-order valence-corrected chi connectivity index (χ1v) is 10.1. The molecule has 0 saturated heterocycles. The van der Waals surface area contributed by atoms with E-state index < -0.39 is 0 Å². The fraction of sp³-hybridized carbons (Fsp3) is 0. The van der Waals surface area contributed by atoms with Crippen LogP contribution in [-0.4, -0.2) is 9.55 Å². The van der Waals surface area contributed by atoms with Gasteiger partial charge in [0.15, 0.2) is 0 Å². The van der Waals surface area contributed by atoms with Crippen molar-refractivity contribution in [1.82, 2.24) is 9.55 Å². The van der Waals surface area contributed by atoms with Gasteiger partial charge in [0.05, 0.1) is 28.1 Å². The number of anilines is 3. The van der Waals surface area contributed by atoms with Crippen molar-refractivity contribution in [3.8, 4) is 5.69 Å². The predicted octanol–water partition coefficient (Wildman–Crippen LogP) is 6.98. The second-order valence-corrected chi connectivity index (χ2v) is 7.35. The van der Waals surface area contributed by atoms with Crippen LogP contribution >= 0.6 is 0 Å². The molecule has 0 N–H and O–H groups in total. The van der Waals surface area contributed by atoms with Gasteiger partial charge in [0.2, 0.25) is 0 Å². The van der Waals surface area contributed by atoms with Gasteiger partial charge in [0.25, 0.3) is 0 Å². The molecular weight excluding hydrogens is 366 g/mol. The number of benzene rings is 4. The van der Waals surface area contributed by atoms with Crippen molar-refractivity contribution in [2.24, 2.45) is 0 Å². The van der Waals surface area contributed by atoms with Gasteiger partial charge in [-0.1, -0.05) is 72.8 Å². The van der Waals surface area contributed by atoms with Crippen molar-refractivity contribution in [2.45, 2.75) is 0 Å². The van der Waals surface area contributed by atoms with E-state index in [2.05, 4.69) is 119 Å². The van der Waals surface area contributed by atoms with E-state index in [1.165, 1.54) is 0 Å². The van der Waals surface area contributed by atoms with Crippen molar-refractivity contribution in [3.63, 3.8) is 0 Å². The molecule has 30 heavy (non-hydrogen) atoms. The molecule has 2 heterocycles. The van der Waals surface area contributed by atoms with Crippen LogP contribution < -0.4 is 4.90 Å². The minimum atomic E-state index is 0.932. The molecule has 0 amide bonds. The third kappa shape index (κ3) is 2.56.